The lowest BCUT2D eigenvalue weighted by atomic mass is 9.89. The largest absolute Gasteiger partial charge is 0.497 e. The van der Waals surface area contributed by atoms with Gasteiger partial charge < -0.3 is 14.8 Å². The molecular weight excluding hydrogens is 358 g/mol. The molecule has 0 saturated carbocycles. The SMILES string of the molecule is COc1ccc2c(c1)[C@H](NC(=O)CCSCc1ccccc1)CC(C)(C)O2. The van der Waals surface area contributed by atoms with Gasteiger partial charge in [0.05, 0.1) is 13.2 Å². The Bertz CT molecular complexity index is 776. The van der Waals surface area contributed by atoms with Crippen LogP contribution in [-0.4, -0.2) is 24.4 Å². The van der Waals surface area contributed by atoms with Crippen molar-refractivity contribution in [2.75, 3.05) is 12.9 Å². The smallest absolute Gasteiger partial charge is 0.221 e. The molecule has 0 fully saturated rings. The molecule has 0 aromatic heterocycles. The number of ether oxygens (including phenoxy) is 2. The number of amides is 1. The molecule has 144 valence electrons. The number of carbonyl (C=O) groups is 1. The molecule has 1 aliphatic rings. The molecule has 1 heterocycles. The highest BCUT2D eigenvalue weighted by atomic mass is 32.2. The fourth-order valence-corrected chi connectivity index (χ4v) is 4.19. The molecule has 1 N–H and O–H groups in total. The van der Waals surface area contributed by atoms with Crippen molar-refractivity contribution in [3.8, 4) is 11.5 Å². The maximum absolute atomic E-state index is 12.5. The van der Waals surface area contributed by atoms with Gasteiger partial charge in [0.1, 0.15) is 17.1 Å². The zero-order valence-corrected chi connectivity index (χ0v) is 17.0. The van der Waals surface area contributed by atoms with Crippen LogP contribution >= 0.6 is 11.8 Å². The molecule has 0 aliphatic carbocycles. The molecule has 5 heteroatoms. The van der Waals surface area contributed by atoms with Crippen LogP contribution in [-0.2, 0) is 10.5 Å². The van der Waals surface area contributed by atoms with E-state index < -0.39 is 0 Å². The summed E-state index contributed by atoms with van der Waals surface area (Å²) in [6.07, 6.45) is 1.24. The molecule has 3 rings (SSSR count). The van der Waals surface area contributed by atoms with Gasteiger partial charge in [0.15, 0.2) is 0 Å². The van der Waals surface area contributed by atoms with Crippen molar-refractivity contribution >= 4 is 17.7 Å². The molecule has 0 unspecified atom stereocenters. The quantitative estimate of drug-likeness (QED) is 0.700. The van der Waals surface area contributed by atoms with Crippen LogP contribution in [0, 0.1) is 0 Å². The maximum atomic E-state index is 12.5. The highest BCUT2D eigenvalue weighted by molar-refractivity contribution is 7.98. The second kappa shape index (κ2) is 8.70. The minimum Gasteiger partial charge on any atom is -0.497 e. The number of hydrogen-bond acceptors (Lipinski definition) is 4. The number of benzene rings is 2. The van der Waals surface area contributed by atoms with Crippen molar-refractivity contribution in [1.29, 1.82) is 0 Å². The highest BCUT2D eigenvalue weighted by Gasteiger charge is 2.34. The van der Waals surface area contributed by atoms with Gasteiger partial charge in [-0.3, -0.25) is 4.79 Å². The molecule has 1 aliphatic heterocycles. The van der Waals surface area contributed by atoms with E-state index in [1.165, 1.54) is 5.56 Å². The Morgan fingerprint density at radius 1 is 1.26 bits per heavy atom. The van der Waals surface area contributed by atoms with E-state index >= 15 is 0 Å². The van der Waals surface area contributed by atoms with Crippen molar-refractivity contribution in [1.82, 2.24) is 5.32 Å². The van der Waals surface area contributed by atoms with Crippen LogP contribution in [0.2, 0.25) is 0 Å². The first kappa shape index (κ1) is 19.6. The van der Waals surface area contributed by atoms with Crippen molar-refractivity contribution in [2.24, 2.45) is 0 Å². The van der Waals surface area contributed by atoms with Gasteiger partial charge in [0, 0.05) is 29.9 Å². The first-order chi connectivity index (χ1) is 13.0. The Labute approximate surface area is 165 Å². The van der Waals surface area contributed by atoms with Crippen molar-refractivity contribution < 1.29 is 14.3 Å². The first-order valence-corrected chi connectivity index (χ1v) is 10.4. The van der Waals surface area contributed by atoms with Gasteiger partial charge in [-0.15, -0.1) is 0 Å². The Hall–Kier alpha value is -2.14. The summed E-state index contributed by atoms with van der Waals surface area (Å²) in [6.45, 7) is 4.10. The summed E-state index contributed by atoms with van der Waals surface area (Å²) in [5.74, 6) is 3.40. The van der Waals surface area contributed by atoms with Crippen LogP contribution in [0.15, 0.2) is 48.5 Å². The molecule has 4 nitrogen and oxygen atoms in total. The van der Waals surface area contributed by atoms with Gasteiger partial charge in [0.25, 0.3) is 0 Å². The van der Waals surface area contributed by atoms with E-state index in [1.54, 1.807) is 18.9 Å². The lowest BCUT2D eigenvalue weighted by molar-refractivity contribution is -0.121. The van der Waals surface area contributed by atoms with Gasteiger partial charge in [-0.1, -0.05) is 30.3 Å². The molecule has 0 bridgehead atoms. The summed E-state index contributed by atoms with van der Waals surface area (Å²) in [6, 6.07) is 16.0. The van der Waals surface area contributed by atoms with Crippen LogP contribution in [0.1, 0.15) is 43.9 Å². The third kappa shape index (κ3) is 5.42. The normalized spacial score (nSPS) is 17.5. The Balaban J connectivity index is 1.57. The number of nitrogens with one attached hydrogen (secondary N) is 1. The van der Waals surface area contributed by atoms with Crippen molar-refractivity contribution in [3.63, 3.8) is 0 Å². The van der Waals surface area contributed by atoms with E-state index in [0.29, 0.717) is 6.42 Å². The molecule has 1 atom stereocenters. The zero-order chi connectivity index (χ0) is 19.3. The van der Waals surface area contributed by atoms with Crippen LogP contribution in [0.3, 0.4) is 0 Å². The lowest BCUT2D eigenvalue weighted by Crippen LogP contribution is -2.41. The van der Waals surface area contributed by atoms with E-state index in [-0.39, 0.29) is 17.6 Å². The van der Waals surface area contributed by atoms with Gasteiger partial charge in [-0.05, 0) is 37.6 Å². The molecular formula is C22H27NO3S. The standard InChI is InChI=1S/C22H27NO3S/c1-22(2)14-19(18-13-17(25-3)9-10-20(18)26-22)23-21(24)11-12-27-15-16-7-5-4-6-8-16/h4-10,13,19H,11-12,14-15H2,1-3H3,(H,23,24)/t19-/m1/s1. The number of carbonyl (C=O) groups excluding carboxylic acids is 1. The highest BCUT2D eigenvalue weighted by Crippen LogP contribution is 2.41. The zero-order valence-electron chi connectivity index (χ0n) is 16.2. The summed E-state index contributed by atoms with van der Waals surface area (Å²) in [7, 11) is 1.65. The van der Waals surface area contributed by atoms with E-state index in [4.69, 9.17) is 9.47 Å². The third-order valence-corrected chi connectivity index (χ3v) is 5.62. The summed E-state index contributed by atoms with van der Waals surface area (Å²) in [4.78, 5) is 12.5. The monoisotopic (exact) mass is 385 g/mol. The molecule has 1 amide bonds. The van der Waals surface area contributed by atoms with Crippen LogP contribution in [0.25, 0.3) is 0 Å². The Kier molecular flexibility index (Phi) is 6.32. The van der Waals surface area contributed by atoms with E-state index in [1.807, 2.05) is 36.4 Å². The summed E-state index contributed by atoms with van der Waals surface area (Å²) >= 11 is 1.78. The van der Waals surface area contributed by atoms with Gasteiger partial charge >= 0.3 is 0 Å². The van der Waals surface area contributed by atoms with Gasteiger partial charge in [0.2, 0.25) is 5.91 Å². The first-order valence-electron chi connectivity index (χ1n) is 9.25. The average molecular weight is 386 g/mol. The minimum absolute atomic E-state index is 0.0644. The summed E-state index contributed by atoms with van der Waals surface area (Å²) in [5, 5.41) is 3.19. The molecule has 0 saturated heterocycles. The minimum atomic E-state index is -0.318. The number of methoxy groups -OCH3 is 1. The van der Waals surface area contributed by atoms with Gasteiger partial charge in [-0.25, -0.2) is 0 Å². The Morgan fingerprint density at radius 3 is 2.78 bits per heavy atom. The lowest BCUT2D eigenvalue weighted by Gasteiger charge is -2.38. The summed E-state index contributed by atoms with van der Waals surface area (Å²) < 4.78 is 11.4. The van der Waals surface area contributed by atoms with Gasteiger partial charge in [-0.2, -0.15) is 11.8 Å². The molecule has 27 heavy (non-hydrogen) atoms. The van der Waals surface area contributed by atoms with Crippen LogP contribution < -0.4 is 14.8 Å². The number of fused-ring (bicyclic) bond motifs is 1. The van der Waals surface area contributed by atoms with Crippen LogP contribution in [0.4, 0.5) is 0 Å². The number of thioether (sulfide) groups is 1. The molecule has 2 aromatic carbocycles. The van der Waals surface area contributed by atoms with Crippen molar-refractivity contribution in [3.05, 3.63) is 59.7 Å². The topological polar surface area (TPSA) is 47.6 Å². The Morgan fingerprint density at radius 2 is 2.04 bits per heavy atom. The van der Waals surface area contributed by atoms with E-state index in [0.717, 1.165) is 35.0 Å². The van der Waals surface area contributed by atoms with Crippen LogP contribution in [0.5, 0.6) is 11.5 Å². The van der Waals surface area contributed by atoms with Crippen molar-refractivity contribution in [2.45, 2.75) is 44.1 Å². The predicted octanol–water partition coefficient (Wildman–Crippen LogP) is 4.74. The third-order valence-electron chi connectivity index (χ3n) is 4.59. The molecule has 2 aromatic rings. The van der Waals surface area contributed by atoms with E-state index in [2.05, 4.69) is 31.3 Å². The second-order valence-corrected chi connectivity index (χ2v) is 8.48. The second-order valence-electron chi connectivity index (χ2n) is 7.38. The number of hydrogen-bond donors (Lipinski definition) is 1. The average Bonchev–Trinajstić information content (AvgIpc) is 2.65. The molecule has 0 spiro atoms. The maximum Gasteiger partial charge on any atom is 0.221 e. The van der Waals surface area contributed by atoms with E-state index in [9.17, 15) is 4.79 Å². The number of rotatable bonds is 7. The fraction of sp³-hybridized carbons (Fsp3) is 0.409. The molecule has 0 radical (unpaired) electrons. The predicted molar refractivity (Wildman–Crippen MR) is 110 cm³/mol. The fourth-order valence-electron chi connectivity index (χ4n) is 3.28. The summed E-state index contributed by atoms with van der Waals surface area (Å²) in [5.41, 5.74) is 1.95.